The Hall–Kier alpha value is -4.82. The Morgan fingerprint density at radius 1 is 1.24 bits per heavy atom. The summed E-state index contributed by atoms with van der Waals surface area (Å²) in [7, 11) is 0. The predicted octanol–water partition coefficient (Wildman–Crippen LogP) is 4.76. The molecule has 42 heavy (non-hydrogen) atoms. The maximum absolute atomic E-state index is 15.5. The minimum Gasteiger partial charge on any atom is -0.457 e. The number of halogens is 1. The normalized spacial score (nSPS) is 18.1. The zero-order chi connectivity index (χ0) is 29.3. The topological polar surface area (TPSA) is 135 Å². The third-order valence-electron chi connectivity index (χ3n) is 7.81. The summed E-state index contributed by atoms with van der Waals surface area (Å²) in [4.78, 5) is 23.7. The highest BCUT2D eigenvalue weighted by atomic mass is 19.1. The second-order valence-corrected chi connectivity index (χ2v) is 10.7. The Balaban J connectivity index is 1.30. The highest BCUT2D eigenvalue weighted by Gasteiger charge is 2.41. The molecule has 2 fully saturated rings. The molecular formula is C31H31FN8O2. The lowest BCUT2D eigenvalue weighted by Gasteiger charge is -2.33. The molecule has 0 spiro atoms. The lowest BCUT2D eigenvalue weighted by Crippen LogP contribution is -2.42. The fraction of sp³-hybridized carbons (Fsp3) is 0.323. The van der Waals surface area contributed by atoms with Crippen LogP contribution in [0.1, 0.15) is 38.6 Å². The number of nitrogens with zero attached hydrogens (tertiary/aromatic N) is 6. The van der Waals surface area contributed by atoms with Crippen LogP contribution in [0.4, 0.5) is 10.2 Å². The monoisotopic (exact) mass is 566 g/mol. The molecule has 0 bridgehead atoms. The summed E-state index contributed by atoms with van der Waals surface area (Å²) in [5, 5.41) is 18.4. The van der Waals surface area contributed by atoms with Gasteiger partial charge in [0, 0.05) is 30.3 Å². The molecular weight excluding hydrogens is 535 g/mol. The molecule has 1 atom stereocenters. The number of hydrogen-bond donors (Lipinski definition) is 2. The molecule has 6 rings (SSSR count). The number of para-hydroxylation sites is 1. The van der Waals surface area contributed by atoms with Gasteiger partial charge in [0.25, 0.3) is 5.91 Å². The SMILES string of the molecule is CCNC1(/C=C(\C#N)C(=O)N2CCC[C@@H](n3nc(-c4ccc(Oc5ccccc5)cc4F)c4c(N)ncnc43)C2)CC1. The first-order valence-corrected chi connectivity index (χ1v) is 14.1. The van der Waals surface area contributed by atoms with E-state index in [0.29, 0.717) is 47.7 Å². The second-order valence-electron chi connectivity index (χ2n) is 10.7. The minimum absolute atomic E-state index is 0.145. The van der Waals surface area contributed by atoms with Gasteiger partial charge in [0.15, 0.2) is 5.65 Å². The van der Waals surface area contributed by atoms with E-state index < -0.39 is 5.82 Å². The molecule has 4 aromatic rings. The lowest BCUT2D eigenvalue weighted by molar-refractivity contribution is -0.128. The van der Waals surface area contributed by atoms with Crippen molar-refractivity contribution in [2.75, 3.05) is 25.4 Å². The van der Waals surface area contributed by atoms with E-state index >= 15 is 4.39 Å². The summed E-state index contributed by atoms with van der Waals surface area (Å²) in [5.74, 6) is 0.299. The maximum atomic E-state index is 15.5. The van der Waals surface area contributed by atoms with Crippen LogP contribution in [0.3, 0.4) is 0 Å². The number of rotatable bonds is 8. The fourth-order valence-corrected chi connectivity index (χ4v) is 5.60. The van der Waals surface area contributed by atoms with Crippen LogP contribution in [-0.4, -0.2) is 55.7 Å². The van der Waals surface area contributed by atoms with Gasteiger partial charge < -0.3 is 20.7 Å². The Labute approximate surface area is 242 Å². The van der Waals surface area contributed by atoms with Crippen molar-refractivity contribution in [3.05, 3.63) is 72.3 Å². The Morgan fingerprint density at radius 2 is 2.05 bits per heavy atom. The van der Waals surface area contributed by atoms with Gasteiger partial charge >= 0.3 is 0 Å². The zero-order valence-corrected chi connectivity index (χ0v) is 23.3. The number of ether oxygens (including phenoxy) is 1. The van der Waals surface area contributed by atoms with Crippen molar-refractivity contribution >= 4 is 22.8 Å². The number of likely N-dealkylation sites (tertiary alicyclic amines) is 1. The third-order valence-corrected chi connectivity index (χ3v) is 7.81. The van der Waals surface area contributed by atoms with Crippen LogP contribution in [0.25, 0.3) is 22.3 Å². The van der Waals surface area contributed by atoms with Gasteiger partial charge in [-0.15, -0.1) is 0 Å². The molecule has 0 radical (unpaired) electrons. The largest absolute Gasteiger partial charge is 0.457 e. The Bertz CT molecular complexity index is 1710. The molecule has 2 aromatic carbocycles. The number of anilines is 1. The van der Waals surface area contributed by atoms with Crippen molar-refractivity contribution in [2.24, 2.45) is 0 Å². The van der Waals surface area contributed by atoms with Gasteiger partial charge in [0.1, 0.15) is 46.8 Å². The van der Waals surface area contributed by atoms with Crippen molar-refractivity contribution in [1.29, 1.82) is 5.26 Å². The van der Waals surface area contributed by atoms with Gasteiger partial charge in [-0.25, -0.2) is 19.0 Å². The van der Waals surface area contributed by atoms with Crippen molar-refractivity contribution < 1.29 is 13.9 Å². The van der Waals surface area contributed by atoms with Crippen LogP contribution < -0.4 is 15.8 Å². The summed E-state index contributed by atoms with van der Waals surface area (Å²) in [6, 6.07) is 15.6. The second kappa shape index (κ2) is 11.2. The molecule has 214 valence electrons. The van der Waals surface area contributed by atoms with Crippen LogP contribution in [0.15, 0.2) is 66.5 Å². The van der Waals surface area contributed by atoms with Crippen LogP contribution in [0.2, 0.25) is 0 Å². The average Bonchev–Trinajstić information content (AvgIpc) is 3.65. The molecule has 0 unspecified atom stereocenters. The van der Waals surface area contributed by atoms with E-state index in [1.807, 2.05) is 25.1 Å². The van der Waals surface area contributed by atoms with Gasteiger partial charge in [0.2, 0.25) is 0 Å². The van der Waals surface area contributed by atoms with E-state index in [2.05, 4.69) is 21.4 Å². The number of piperidine rings is 1. The number of aromatic nitrogens is 4. The van der Waals surface area contributed by atoms with Crippen LogP contribution in [0, 0.1) is 17.1 Å². The van der Waals surface area contributed by atoms with E-state index in [9.17, 15) is 10.1 Å². The summed E-state index contributed by atoms with van der Waals surface area (Å²) in [6.45, 7) is 3.63. The summed E-state index contributed by atoms with van der Waals surface area (Å²) in [5.41, 5.74) is 7.16. The Morgan fingerprint density at radius 3 is 2.76 bits per heavy atom. The number of hydrogen-bond acceptors (Lipinski definition) is 8. The number of carbonyl (C=O) groups excluding carboxylic acids is 1. The van der Waals surface area contributed by atoms with Crippen molar-refractivity contribution in [3.63, 3.8) is 0 Å². The van der Waals surface area contributed by atoms with Crippen LogP contribution >= 0.6 is 0 Å². The van der Waals surface area contributed by atoms with Crippen molar-refractivity contribution in [2.45, 2.75) is 44.2 Å². The van der Waals surface area contributed by atoms with Crippen LogP contribution in [-0.2, 0) is 4.79 Å². The minimum atomic E-state index is -0.530. The number of likely N-dealkylation sites (N-methyl/N-ethyl adjacent to an activating group) is 1. The molecule has 1 saturated heterocycles. The quantitative estimate of drug-likeness (QED) is 0.230. The molecule has 3 N–H and O–H groups in total. The number of nitriles is 1. The van der Waals surface area contributed by atoms with Crippen molar-refractivity contribution in [3.8, 4) is 28.8 Å². The van der Waals surface area contributed by atoms with Gasteiger partial charge in [0.05, 0.1) is 11.4 Å². The average molecular weight is 567 g/mol. The van der Waals surface area contributed by atoms with E-state index in [4.69, 9.17) is 15.6 Å². The Kier molecular flexibility index (Phi) is 7.31. The lowest BCUT2D eigenvalue weighted by atomic mass is 10.0. The van der Waals surface area contributed by atoms with Gasteiger partial charge in [-0.2, -0.15) is 10.4 Å². The van der Waals surface area contributed by atoms with Gasteiger partial charge in [-0.1, -0.05) is 25.1 Å². The molecule has 11 heteroatoms. The standard InChI is InChI=1S/C31H31FN8O2/c1-2-37-31(12-13-31)16-20(17-33)30(41)39-14-6-7-21(18-39)40-29-26(28(34)35-19-36-29)27(38-40)24-11-10-23(15-25(24)32)42-22-8-4-3-5-9-22/h3-5,8-11,15-16,19,21,37H,2,6-7,12-14,18H2,1H3,(H2,34,35,36)/b20-16+/t21-/m1/s1. The molecule has 1 amide bonds. The molecule has 2 aromatic heterocycles. The maximum Gasteiger partial charge on any atom is 0.264 e. The predicted molar refractivity (Wildman–Crippen MR) is 156 cm³/mol. The molecule has 10 nitrogen and oxygen atoms in total. The van der Waals surface area contributed by atoms with Gasteiger partial charge in [-0.3, -0.25) is 4.79 Å². The summed E-state index contributed by atoms with van der Waals surface area (Å²) in [6.07, 6.45) is 6.38. The first-order valence-electron chi connectivity index (χ1n) is 14.1. The van der Waals surface area contributed by atoms with E-state index in [-0.39, 0.29) is 34.4 Å². The highest BCUT2D eigenvalue weighted by molar-refractivity contribution is 5.99. The first kappa shape index (κ1) is 27.4. The number of nitrogen functional groups attached to an aromatic ring is 1. The van der Waals surface area contributed by atoms with E-state index in [1.54, 1.807) is 39.9 Å². The van der Waals surface area contributed by atoms with Crippen LogP contribution in [0.5, 0.6) is 11.5 Å². The number of fused-ring (bicyclic) bond motifs is 1. The summed E-state index contributed by atoms with van der Waals surface area (Å²) < 4.78 is 23.0. The molecule has 2 aliphatic rings. The number of benzene rings is 2. The van der Waals surface area contributed by atoms with E-state index in [0.717, 1.165) is 25.8 Å². The van der Waals surface area contributed by atoms with E-state index in [1.165, 1.54) is 12.4 Å². The number of carbonyl (C=O) groups is 1. The number of amides is 1. The van der Waals surface area contributed by atoms with Crippen molar-refractivity contribution in [1.82, 2.24) is 30.0 Å². The zero-order valence-electron chi connectivity index (χ0n) is 23.3. The molecule has 3 heterocycles. The third kappa shape index (κ3) is 5.29. The highest BCUT2D eigenvalue weighted by Crippen LogP contribution is 2.39. The smallest absolute Gasteiger partial charge is 0.264 e. The first-order chi connectivity index (χ1) is 20.4. The van der Waals surface area contributed by atoms with Gasteiger partial charge in [-0.05, 0) is 62.6 Å². The fourth-order valence-electron chi connectivity index (χ4n) is 5.60. The summed E-state index contributed by atoms with van der Waals surface area (Å²) >= 11 is 0. The molecule has 1 saturated carbocycles. The number of nitrogens with one attached hydrogen (secondary N) is 1. The molecule has 1 aliphatic heterocycles. The number of nitrogens with two attached hydrogens (primary N) is 1. The molecule has 1 aliphatic carbocycles.